The van der Waals surface area contributed by atoms with Gasteiger partial charge in [0.25, 0.3) is 0 Å². The number of carbonyl (C=O) groups is 1. The van der Waals surface area contributed by atoms with Crippen molar-refractivity contribution in [2.45, 2.75) is 6.92 Å². The molecule has 2 rings (SSSR count). The minimum absolute atomic E-state index is 0.199. The maximum absolute atomic E-state index is 12.6. The first-order valence-electron chi connectivity index (χ1n) is 6.48. The molecule has 0 unspecified atom stereocenters. The molecular formula is C16H16ClNO3. The van der Waals surface area contributed by atoms with Crippen LogP contribution in [0.3, 0.4) is 0 Å². The van der Waals surface area contributed by atoms with Crippen LogP contribution in [0.15, 0.2) is 36.4 Å². The van der Waals surface area contributed by atoms with Gasteiger partial charge in [-0.3, -0.25) is 4.79 Å². The van der Waals surface area contributed by atoms with Crippen LogP contribution < -0.4 is 15.2 Å². The number of ketones is 1. The smallest absolute Gasteiger partial charge is 0.196 e. The van der Waals surface area contributed by atoms with Crippen molar-refractivity contribution in [1.82, 2.24) is 0 Å². The fourth-order valence-corrected chi connectivity index (χ4v) is 2.26. The minimum atomic E-state index is -0.199. The number of hydrogen-bond acceptors (Lipinski definition) is 4. The zero-order valence-corrected chi connectivity index (χ0v) is 12.6. The molecule has 2 aromatic carbocycles. The molecule has 0 bridgehead atoms. The highest BCUT2D eigenvalue weighted by atomic mass is 35.5. The Morgan fingerprint density at radius 3 is 2.67 bits per heavy atom. The molecule has 0 radical (unpaired) electrons. The lowest BCUT2D eigenvalue weighted by Crippen LogP contribution is -2.07. The number of hydrogen-bond donors (Lipinski definition) is 1. The van der Waals surface area contributed by atoms with Crippen LogP contribution in [0.4, 0.5) is 5.69 Å². The van der Waals surface area contributed by atoms with Gasteiger partial charge in [0.05, 0.1) is 30.0 Å². The van der Waals surface area contributed by atoms with Crippen molar-refractivity contribution in [3.8, 4) is 11.5 Å². The second-order valence-corrected chi connectivity index (χ2v) is 4.74. The number of methoxy groups -OCH3 is 1. The molecule has 2 N–H and O–H groups in total. The van der Waals surface area contributed by atoms with Gasteiger partial charge in [-0.15, -0.1) is 0 Å². The van der Waals surface area contributed by atoms with Crippen LogP contribution in [0.5, 0.6) is 11.5 Å². The molecule has 0 spiro atoms. The summed E-state index contributed by atoms with van der Waals surface area (Å²) >= 11 is 6.06. The summed E-state index contributed by atoms with van der Waals surface area (Å²) in [6.45, 7) is 2.27. The molecule has 0 aliphatic rings. The number of nitrogen functional groups attached to an aromatic ring is 1. The lowest BCUT2D eigenvalue weighted by Gasteiger charge is -2.12. The van der Waals surface area contributed by atoms with Gasteiger partial charge in [0.15, 0.2) is 11.5 Å². The number of halogens is 1. The van der Waals surface area contributed by atoms with Crippen LogP contribution in [0, 0.1) is 0 Å². The molecule has 0 heterocycles. The van der Waals surface area contributed by atoms with Gasteiger partial charge in [-0.05, 0) is 37.3 Å². The van der Waals surface area contributed by atoms with Crippen molar-refractivity contribution in [1.29, 1.82) is 0 Å². The molecule has 4 nitrogen and oxygen atoms in total. The quantitative estimate of drug-likeness (QED) is 0.677. The maximum Gasteiger partial charge on any atom is 0.196 e. The van der Waals surface area contributed by atoms with Crippen molar-refractivity contribution >= 4 is 23.1 Å². The predicted molar refractivity (Wildman–Crippen MR) is 83.5 cm³/mol. The Bertz CT molecular complexity index is 671. The lowest BCUT2D eigenvalue weighted by molar-refractivity contribution is 0.103. The first-order valence-corrected chi connectivity index (χ1v) is 6.85. The summed E-state index contributed by atoms with van der Waals surface area (Å²) in [7, 11) is 1.52. The van der Waals surface area contributed by atoms with Gasteiger partial charge in [-0.1, -0.05) is 17.7 Å². The molecule has 0 atom stereocenters. The number of nitrogens with two attached hydrogens (primary N) is 1. The van der Waals surface area contributed by atoms with Crippen LogP contribution >= 0.6 is 11.6 Å². The Morgan fingerprint density at radius 2 is 2.05 bits per heavy atom. The van der Waals surface area contributed by atoms with Crippen molar-refractivity contribution in [2.75, 3.05) is 19.5 Å². The molecule has 0 fully saturated rings. The van der Waals surface area contributed by atoms with Crippen LogP contribution in [0.25, 0.3) is 0 Å². The molecule has 0 amide bonds. The molecule has 0 saturated carbocycles. The summed E-state index contributed by atoms with van der Waals surface area (Å²) in [5.41, 5.74) is 7.17. The zero-order chi connectivity index (χ0) is 15.4. The third-order valence-electron chi connectivity index (χ3n) is 2.99. The van der Waals surface area contributed by atoms with Gasteiger partial charge >= 0.3 is 0 Å². The third kappa shape index (κ3) is 3.11. The van der Waals surface area contributed by atoms with Crippen molar-refractivity contribution in [2.24, 2.45) is 0 Å². The molecule has 0 aliphatic carbocycles. The number of ether oxygens (including phenoxy) is 2. The number of para-hydroxylation sites is 1. The van der Waals surface area contributed by atoms with E-state index in [1.54, 1.807) is 36.4 Å². The van der Waals surface area contributed by atoms with Crippen molar-refractivity contribution in [3.05, 3.63) is 52.5 Å². The number of carbonyl (C=O) groups excluding carboxylic acids is 1. The average Bonchev–Trinajstić information content (AvgIpc) is 2.48. The van der Waals surface area contributed by atoms with Gasteiger partial charge in [-0.25, -0.2) is 0 Å². The summed E-state index contributed by atoms with van der Waals surface area (Å²) in [6, 6.07) is 9.98. The van der Waals surface area contributed by atoms with Crippen LogP contribution in [-0.2, 0) is 0 Å². The minimum Gasteiger partial charge on any atom is -0.495 e. The van der Waals surface area contributed by atoms with E-state index in [2.05, 4.69) is 0 Å². The van der Waals surface area contributed by atoms with Crippen molar-refractivity contribution in [3.63, 3.8) is 0 Å². The topological polar surface area (TPSA) is 61.5 Å². The fraction of sp³-hybridized carbons (Fsp3) is 0.188. The molecular weight excluding hydrogens is 290 g/mol. The van der Waals surface area contributed by atoms with Gasteiger partial charge in [0, 0.05) is 5.56 Å². The van der Waals surface area contributed by atoms with Crippen molar-refractivity contribution < 1.29 is 14.3 Å². The van der Waals surface area contributed by atoms with E-state index in [1.807, 2.05) is 6.92 Å². The molecule has 110 valence electrons. The Kier molecular flexibility index (Phi) is 4.70. The monoisotopic (exact) mass is 305 g/mol. The summed E-state index contributed by atoms with van der Waals surface area (Å²) in [5.74, 6) is 0.720. The first kappa shape index (κ1) is 15.2. The van der Waals surface area contributed by atoms with E-state index in [-0.39, 0.29) is 5.78 Å². The predicted octanol–water partition coefficient (Wildman–Crippen LogP) is 3.56. The fourth-order valence-electron chi connectivity index (χ4n) is 2.00. The lowest BCUT2D eigenvalue weighted by atomic mass is 10.0. The largest absolute Gasteiger partial charge is 0.495 e. The molecule has 5 heteroatoms. The van der Waals surface area contributed by atoms with E-state index in [0.717, 1.165) is 0 Å². The molecule has 2 aromatic rings. The summed E-state index contributed by atoms with van der Waals surface area (Å²) in [4.78, 5) is 12.6. The SMILES string of the molecule is CCOc1c(N)cccc1C(=O)c1ccc(OC)c(Cl)c1. The maximum atomic E-state index is 12.6. The second-order valence-electron chi connectivity index (χ2n) is 4.34. The molecule has 21 heavy (non-hydrogen) atoms. The van der Waals surface area contributed by atoms with E-state index in [0.29, 0.717) is 39.9 Å². The highest BCUT2D eigenvalue weighted by Gasteiger charge is 2.17. The van der Waals surface area contributed by atoms with E-state index in [9.17, 15) is 4.79 Å². The van der Waals surface area contributed by atoms with Gasteiger partial charge in [0.2, 0.25) is 0 Å². The average molecular weight is 306 g/mol. The molecule has 0 saturated heterocycles. The summed E-state index contributed by atoms with van der Waals surface area (Å²) < 4.78 is 10.6. The highest BCUT2D eigenvalue weighted by Crippen LogP contribution is 2.31. The first-order chi connectivity index (χ1) is 10.1. The number of rotatable bonds is 5. The zero-order valence-electron chi connectivity index (χ0n) is 11.9. The van der Waals surface area contributed by atoms with Gasteiger partial charge in [0.1, 0.15) is 5.75 Å². The van der Waals surface area contributed by atoms with Crippen LogP contribution in [0.2, 0.25) is 5.02 Å². The van der Waals surface area contributed by atoms with E-state index in [1.165, 1.54) is 7.11 Å². The number of anilines is 1. The summed E-state index contributed by atoms with van der Waals surface area (Å²) in [5, 5.41) is 0.380. The summed E-state index contributed by atoms with van der Waals surface area (Å²) in [6.07, 6.45) is 0. The van der Waals surface area contributed by atoms with Gasteiger partial charge in [-0.2, -0.15) is 0 Å². The highest BCUT2D eigenvalue weighted by molar-refractivity contribution is 6.32. The molecule has 0 aromatic heterocycles. The van der Waals surface area contributed by atoms with Gasteiger partial charge < -0.3 is 15.2 Å². The second kappa shape index (κ2) is 6.50. The standard InChI is InChI=1S/C16H16ClNO3/c1-3-21-16-11(5-4-6-13(16)18)15(19)10-7-8-14(20-2)12(17)9-10/h4-9H,3,18H2,1-2H3. The van der Waals surface area contributed by atoms with E-state index in [4.69, 9.17) is 26.8 Å². The Labute approximate surface area is 128 Å². The van der Waals surface area contributed by atoms with E-state index >= 15 is 0 Å². The Balaban J connectivity index is 2.45. The van der Waals surface area contributed by atoms with Crippen LogP contribution in [-0.4, -0.2) is 19.5 Å². The Hall–Kier alpha value is -2.20. The normalized spacial score (nSPS) is 10.2. The molecule has 0 aliphatic heterocycles. The third-order valence-corrected chi connectivity index (χ3v) is 3.29. The van der Waals surface area contributed by atoms with Crippen LogP contribution in [0.1, 0.15) is 22.8 Å². The Morgan fingerprint density at radius 1 is 1.29 bits per heavy atom. The van der Waals surface area contributed by atoms with E-state index < -0.39 is 0 Å². The number of benzene rings is 2.